The summed E-state index contributed by atoms with van der Waals surface area (Å²) < 4.78 is 1.34. The van der Waals surface area contributed by atoms with E-state index in [1.807, 2.05) is 0 Å². The minimum Gasteiger partial charge on any atom is -0.480 e. The third kappa shape index (κ3) is 1.50. The lowest BCUT2D eigenvalue weighted by molar-refractivity contribution is -0.140. The van der Waals surface area contributed by atoms with E-state index >= 15 is 0 Å². The molecule has 0 saturated heterocycles. The maximum absolute atomic E-state index is 10.8. The molecule has 1 aromatic carbocycles. The van der Waals surface area contributed by atoms with Crippen molar-refractivity contribution in [1.29, 1.82) is 0 Å². The minimum atomic E-state index is -0.954. The Bertz CT molecular complexity index is 520. The zero-order valence-electron chi connectivity index (χ0n) is 8.08. The Morgan fingerprint density at radius 2 is 2.33 bits per heavy atom. The summed E-state index contributed by atoms with van der Waals surface area (Å²) in [5.41, 5.74) is 7.44. The van der Waals surface area contributed by atoms with Crippen molar-refractivity contribution in [3.05, 3.63) is 18.2 Å². The first-order valence-electron chi connectivity index (χ1n) is 4.43. The van der Waals surface area contributed by atoms with Crippen molar-refractivity contribution < 1.29 is 9.90 Å². The first kappa shape index (κ1) is 9.45. The number of nitrogens with zero attached hydrogens (tertiary/aromatic N) is 3. The topological polar surface area (TPSA) is 94.0 Å². The lowest BCUT2D eigenvalue weighted by Crippen LogP contribution is -2.16. The summed E-state index contributed by atoms with van der Waals surface area (Å²) >= 11 is 0. The van der Waals surface area contributed by atoms with Crippen molar-refractivity contribution in [2.45, 2.75) is 13.0 Å². The Morgan fingerprint density at radius 3 is 3.00 bits per heavy atom. The fourth-order valence-electron chi connectivity index (χ4n) is 1.34. The normalized spacial score (nSPS) is 12.9. The third-order valence-corrected chi connectivity index (χ3v) is 2.22. The summed E-state index contributed by atoms with van der Waals surface area (Å²) in [5, 5.41) is 16.5. The number of carbonyl (C=O) groups is 1. The molecule has 6 nitrogen and oxygen atoms in total. The lowest BCUT2D eigenvalue weighted by Gasteiger charge is -2.06. The molecule has 3 N–H and O–H groups in total. The number of anilines is 1. The Kier molecular flexibility index (Phi) is 2.03. The van der Waals surface area contributed by atoms with Crippen LogP contribution in [0.5, 0.6) is 0 Å². The summed E-state index contributed by atoms with van der Waals surface area (Å²) in [4.78, 5) is 10.8. The van der Waals surface area contributed by atoms with E-state index in [1.54, 1.807) is 25.1 Å². The van der Waals surface area contributed by atoms with Gasteiger partial charge in [-0.05, 0) is 25.1 Å². The fraction of sp³-hybridized carbons (Fsp3) is 0.222. The van der Waals surface area contributed by atoms with Gasteiger partial charge >= 0.3 is 5.97 Å². The summed E-state index contributed by atoms with van der Waals surface area (Å²) in [6.45, 7) is 1.54. The molecule has 2 aromatic rings. The Hall–Kier alpha value is -2.11. The molecule has 2 rings (SSSR count). The van der Waals surface area contributed by atoms with Crippen LogP contribution in [0.25, 0.3) is 11.0 Å². The van der Waals surface area contributed by atoms with E-state index in [-0.39, 0.29) is 0 Å². The average molecular weight is 206 g/mol. The van der Waals surface area contributed by atoms with Gasteiger partial charge in [0, 0.05) is 5.69 Å². The smallest absolute Gasteiger partial charge is 0.328 e. The lowest BCUT2D eigenvalue weighted by atomic mass is 10.2. The van der Waals surface area contributed by atoms with E-state index in [0.717, 1.165) is 0 Å². The number of aromatic nitrogens is 3. The van der Waals surface area contributed by atoms with Gasteiger partial charge in [-0.25, -0.2) is 9.48 Å². The van der Waals surface area contributed by atoms with Crippen molar-refractivity contribution in [3.63, 3.8) is 0 Å². The monoisotopic (exact) mass is 206 g/mol. The van der Waals surface area contributed by atoms with Gasteiger partial charge in [-0.3, -0.25) is 0 Å². The molecule has 0 aliphatic heterocycles. The predicted octanol–water partition coefficient (Wildman–Crippen LogP) is 0.659. The molecule has 0 aliphatic rings. The summed E-state index contributed by atoms with van der Waals surface area (Å²) in [6.07, 6.45) is 0. The van der Waals surface area contributed by atoms with Gasteiger partial charge in [-0.1, -0.05) is 5.21 Å². The molecule has 1 heterocycles. The Morgan fingerprint density at radius 1 is 1.60 bits per heavy atom. The van der Waals surface area contributed by atoms with Gasteiger partial charge in [0.05, 0.1) is 5.52 Å². The van der Waals surface area contributed by atoms with Crippen LogP contribution < -0.4 is 5.73 Å². The molecule has 0 radical (unpaired) electrons. The molecular weight excluding hydrogens is 196 g/mol. The number of aliphatic carboxylic acids is 1. The van der Waals surface area contributed by atoms with Crippen molar-refractivity contribution in [1.82, 2.24) is 15.0 Å². The van der Waals surface area contributed by atoms with Gasteiger partial charge in [0.25, 0.3) is 0 Å². The van der Waals surface area contributed by atoms with E-state index in [4.69, 9.17) is 10.8 Å². The average Bonchev–Trinajstić information content (AvgIpc) is 2.59. The second-order valence-corrected chi connectivity index (χ2v) is 3.30. The molecule has 0 spiro atoms. The van der Waals surface area contributed by atoms with Crippen molar-refractivity contribution in [2.24, 2.45) is 0 Å². The zero-order valence-corrected chi connectivity index (χ0v) is 8.08. The van der Waals surface area contributed by atoms with Crippen LogP contribution in [0.4, 0.5) is 5.69 Å². The summed E-state index contributed by atoms with van der Waals surface area (Å²) in [6, 6.07) is 4.32. The summed E-state index contributed by atoms with van der Waals surface area (Å²) in [5.74, 6) is -0.954. The largest absolute Gasteiger partial charge is 0.480 e. The van der Waals surface area contributed by atoms with Crippen LogP contribution in [-0.4, -0.2) is 26.1 Å². The third-order valence-electron chi connectivity index (χ3n) is 2.22. The first-order valence-corrected chi connectivity index (χ1v) is 4.43. The van der Waals surface area contributed by atoms with E-state index < -0.39 is 12.0 Å². The fourth-order valence-corrected chi connectivity index (χ4v) is 1.34. The van der Waals surface area contributed by atoms with E-state index in [9.17, 15) is 4.79 Å². The number of hydrogen-bond donors (Lipinski definition) is 2. The van der Waals surface area contributed by atoms with Crippen molar-refractivity contribution in [3.8, 4) is 0 Å². The molecule has 15 heavy (non-hydrogen) atoms. The number of carboxylic acid groups (broad SMARTS) is 1. The highest BCUT2D eigenvalue weighted by molar-refractivity contribution is 5.80. The summed E-state index contributed by atoms with van der Waals surface area (Å²) in [7, 11) is 0. The van der Waals surface area contributed by atoms with E-state index in [0.29, 0.717) is 16.7 Å². The van der Waals surface area contributed by atoms with Crippen LogP contribution >= 0.6 is 0 Å². The van der Waals surface area contributed by atoms with E-state index in [2.05, 4.69) is 10.3 Å². The minimum absolute atomic E-state index is 0.559. The molecule has 0 amide bonds. The molecule has 0 fully saturated rings. The predicted molar refractivity (Wildman–Crippen MR) is 54.3 cm³/mol. The van der Waals surface area contributed by atoms with Crippen LogP contribution in [0.15, 0.2) is 18.2 Å². The molecule has 0 saturated carbocycles. The SMILES string of the molecule is CC(C(=O)O)n1nnc2ccc(N)cc21. The van der Waals surface area contributed by atoms with Crippen LogP contribution in [0, 0.1) is 0 Å². The molecule has 78 valence electrons. The van der Waals surface area contributed by atoms with Gasteiger partial charge in [0.2, 0.25) is 0 Å². The highest BCUT2D eigenvalue weighted by Crippen LogP contribution is 2.18. The number of rotatable bonds is 2. The number of benzene rings is 1. The Labute approximate surface area is 85.3 Å². The van der Waals surface area contributed by atoms with Crippen LogP contribution in [-0.2, 0) is 4.79 Å². The number of hydrogen-bond acceptors (Lipinski definition) is 4. The first-order chi connectivity index (χ1) is 7.09. The van der Waals surface area contributed by atoms with Crippen molar-refractivity contribution in [2.75, 3.05) is 5.73 Å². The molecule has 1 atom stereocenters. The van der Waals surface area contributed by atoms with Gasteiger partial charge in [0.15, 0.2) is 0 Å². The quantitative estimate of drug-likeness (QED) is 0.704. The van der Waals surface area contributed by atoms with Gasteiger partial charge in [-0.15, -0.1) is 5.10 Å². The molecule has 1 aromatic heterocycles. The highest BCUT2D eigenvalue weighted by atomic mass is 16.4. The number of carboxylic acids is 1. The number of nitrogens with two attached hydrogens (primary N) is 1. The molecule has 0 bridgehead atoms. The van der Waals surface area contributed by atoms with Gasteiger partial charge in [-0.2, -0.15) is 0 Å². The molecule has 0 aliphatic carbocycles. The standard InChI is InChI=1S/C9H10N4O2/c1-5(9(14)15)13-8-4-6(10)2-3-7(8)11-12-13/h2-5H,10H2,1H3,(H,14,15). The molecule has 1 unspecified atom stereocenters. The highest BCUT2D eigenvalue weighted by Gasteiger charge is 2.17. The maximum atomic E-state index is 10.8. The Balaban J connectivity index is 2.61. The second-order valence-electron chi connectivity index (χ2n) is 3.30. The van der Waals surface area contributed by atoms with Crippen LogP contribution in [0.1, 0.15) is 13.0 Å². The van der Waals surface area contributed by atoms with Gasteiger partial charge in [0.1, 0.15) is 11.6 Å². The molecule has 6 heteroatoms. The second kappa shape index (κ2) is 3.23. The van der Waals surface area contributed by atoms with E-state index in [1.165, 1.54) is 4.68 Å². The number of fused-ring (bicyclic) bond motifs is 1. The van der Waals surface area contributed by atoms with Crippen LogP contribution in [0.3, 0.4) is 0 Å². The zero-order chi connectivity index (χ0) is 11.0. The number of nitrogen functional groups attached to an aromatic ring is 1. The maximum Gasteiger partial charge on any atom is 0.328 e. The van der Waals surface area contributed by atoms with Crippen molar-refractivity contribution >= 4 is 22.7 Å². The van der Waals surface area contributed by atoms with Crippen LogP contribution in [0.2, 0.25) is 0 Å². The molecular formula is C9H10N4O2. The van der Waals surface area contributed by atoms with Gasteiger partial charge < -0.3 is 10.8 Å².